The third-order valence-electron chi connectivity index (χ3n) is 2.07. The van der Waals surface area contributed by atoms with Crippen LogP contribution in [0.25, 0.3) is 5.82 Å². The summed E-state index contributed by atoms with van der Waals surface area (Å²) in [6.07, 6.45) is 3.81. The Hall–Kier alpha value is -1.68. The highest BCUT2D eigenvalue weighted by Gasteiger charge is 2.06. The van der Waals surface area contributed by atoms with Crippen LogP contribution in [0.4, 0.5) is 0 Å². The summed E-state index contributed by atoms with van der Waals surface area (Å²) in [5, 5.41) is 4.67. The first-order valence-corrected chi connectivity index (χ1v) is 4.72. The first-order chi connectivity index (χ1) is 7.22. The van der Waals surface area contributed by atoms with E-state index in [1.807, 2.05) is 6.92 Å². The Morgan fingerprint density at radius 1 is 1.40 bits per heavy atom. The van der Waals surface area contributed by atoms with Gasteiger partial charge in [-0.15, -0.1) is 0 Å². The van der Waals surface area contributed by atoms with Crippen LogP contribution in [0, 0.1) is 6.92 Å². The third-order valence-corrected chi connectivity index (χ3v) is 2.44. The third kappa shape index (κ3) is 1.76. The van der Waals surface area contributed by atoms with Crippen molar-refractivity contribution in [3.63, 3.8) is 0 Å². The summed E-state index contributed by atoms with van der Waals surface area (Å²) in [6, 6.07) is 3.41. The van der Waals surface area contributed by atoms with Crippen molar-refractivity contribution in [1.82, 2.24) is 14.8 Å². The van der Waals surface area contributed by atoms with Gasteiger partial charge < -0.3 is 0 Å². The molecule has 0 aliphatic heterocycles. The molecule has 2 heterocycles. The molecule has 0 saturated heterocycles. The van der Waals surface area contributed by atoms with Gasteiger partial charge >= 0.3 is 0 Å². The quantitative estimate of drug-likeness (QED) is 0.730. The van der Waals surface area contributed by atoms with Gasteiger partial charge in [-0.05, 0) is 19.1 Å². The van der Waals surface area contributed by atoms with Crippen molar-refractivity contribution in [2.75, 3.05) is 0 Å². The summed E-state index contributed by atoms with van der Waals surface area (Å²) in [7, 11) is 0. The van der Waals surface area contributed by atoms with Crippen LogP contribution in [-0.2, 0) is 0 Å². The van der Waals surface area contributed by atoms with Crippen LogP contribution in [0.3, 0.4) is 0 Å². The van der Waals surface area contributed by atoms with Gasteiger partial charge in [0, 0.05) is 11.8 Å². The Morgan fingerprint density at radius 3 is 2.67 bits per heavy atom. The van der Waals surface area contributed by atoms with Gasteiger partial charge in [-0.3, -0.25) is 4.79 Å². The van der Waals surface area contributed by atoms with Crippen molar-refractivity contribution in [2.24, 2.45) is 0 Å². The van der Waals surface area contributed by atoms with E-state index in [2.05, 4.69) is 10.1 Å². The summed E-state index contributed by atoms with van der Waals surface area (Å²) in [5.41, 5.74) is 1.36. The van der Waals surface area contributed by atoms with Gasteiger partial charge in [0.1, 0.15) is 0 Å². The van der Waals surface area contributed by atoms with Crippen LogP contribution in [0.1, 0.15) is 16.1 Å². The van der Waals surface area contributed by atoms with Gasteiger partial charge in [0.25, 0.3) is 0 Å². The number of hydrogen-bond acceptors (Lipinski definition) is 3. The second-order valence-corrected chi connectivity index (χ2v) is 3.46. The Bertz CT molecular complexity index is 490. The van der Waals surface area contributed by atoms with Crippen LogP contribution in [0.5, 0.6) is 0 Å². The number of pyridine rings is 1. The highest BCUT2D eigenvalue weighted by atomic mass is 35.5. The van der Waals surface area contributed by atoms with E-state index >= 15 is 0 Å². The molecule has 0 aliphatic carbocycles. The van der Waals surface area contributed by atoms with Crippen LogP contribution in [-0.4, -0.2) is 21.1 Å². The molecule has 0 fully saturated rings. The monoisotopic (exact) mass is 221 g/mol. The van der Waals surface area contributed by atoms with Crippen molar-refractivity contribution in [3.05, 3.63) is 40.8 Å². The smallest absolute Gasteiger partial charge is 0.153 e. The number of aromatic nitrogens is 3. The van der Waals surface area contributed by atoms with Gasteiger partial charge in [-0.25, -0.2) is 9.67 Å². The molecular formula is C10H8ClN3O. The Balaban J connectivity index is 2.45. The number of hydrogen-bond donors (Lipinski definition) is 0. The summed E-state index contributed by atoms with van der Waals surface area (Å²) >= 11 is 5.87. The zero-order chi connectivity index (χ0) is 10.8. The fourth-order valence-electron chi connectivity index (χ4n) is 1.21. The molecule has 0 aromatic carbocycles. The van der Waals surface area contributed by atoms with E-state index in [1.165, 1.54) is 6.20 Å². The lowest BCUT2D eigenvalue weighted by atomic mass is 10.3. The predicted molar refractivity (Wildman–Crippen MR) is 56.5 cm³/mol. The molecule has 0 saturated carbocycles. The Morgan fingerprint density at radius 2 is 2.20 bits per heavy atom. The molecule has 2 aromatic heterocycles. The van der Waals surface area contributed by atoms with E-state index in [1.54, 1.807) is 23.0 Å². The molecule has 2 aromatic rings. The maximum absolute atomic E-state index is 10.4. The molecule has 0 aliphatic rings. The van der Waals surface area contributed by atoms with Crippen molar-refractivity contribution < 1.29 is 4.79 Å². The van der Waals surface area contributed by atoms with Crippen molar-refractivity contribution in [1.29, 1.82) is 0 Å². The molecular weight excluding hydrogens is 214 g/mol. The fraction of sp³-hybridized carbons (Fsp3) is 0.100. The minimum Gasteiger partial charge on any atom is -0.298 e. The van der Waals surface area contributed by atoms with E-state index in [0.29, 0.717) is 16.4 Å². The minimum atomic E-state index is 0.537. The van der Waals surface area contributed by atoms with Crippen molar-refractivity contribution in [2.45, 2.75) is 6.92 Å². The average molecular weight is 222 g/mol. The summed E-state index contributed by atoms with van der Waals surface area (Å²) in [4.78, 5) is 14.5. The second-order valence-electron chi connectivity index (χ2n) is 3.06. The van der Waals surface area contributed by atoms with E-state index in [4.69, 9.17) is 11.6 Å². The molecule has 0 atom stereocenters. The first-order valence-electron chi connectivity index (χ1n) is 4.34. The maximum atomic E-state index is 10.4. The summed E-state index contributed by atoms with van der Waals surface area (Å²) in [5.74, 6) is 0.644. The van der Waals surface area contributed by atoms with E-state index in [9.17, 15) is 4.79 Å². The maximum Gasteiger partial charge on any atom is 0.153 e. The van der Waals surface area contributed by atoms with Crippen LogP contribution >= 0.6 is 11.6 Å². The molecule has 0 amide bonds. The lowest BCUT2D eigenvalue weighted by Gasteiger charge is -2.02. The summed E-state index contributed by atoms with van der Waals surface area (Å²) in [6.45, 7) is 1.85. The van der Waals surface area contributed by atoms with Crippen LogP contribution < -0.4 is 0 Å². The number of carbonyl (C=O) groups excluding carboxylic acids is 1. The largest absolute Gasteiger partial charge is 0.298 e. The van der Waals surface area contributed by atoms with Crippen LogP contribution in [0.2, 0.25) is 5.02 Å². The Kier molecular flexibility index (Phi) is 2.51. The minimum absolute atomic E-state index is 0.537. The molecule has 0 N–H and O–H groups in total. The Labute approximate surface area is 91.5 Å². The van der Waals surface area contributed by atoms with Gasteiger partial charge in [0.2, 0.25) is 0 Å². The number of carbonyl (C=O) groups is 1. The fourth-order valence-corrected chi connectivity index (χ4v) is 1.34. The number of halogens is 1. The molecule has 2 rings (SSSR count). The highest BCUT2D eigenvalue weighted by molar-refractivity contribution is 6.31. The zero-order valence-electron chi connectivity index (χ0n) is 8.01. The van der Waals surface area contributed by atoms with Gasteiger partial charge in [-0.1, -0.05) is 11.6 Å². The normalized spacial score (nSPS) is 10.3. The van der Waals surface area contributed by atoms with E-state index < -0.39 is 0 Å². The second kappa shape index (κ2) is 3.82. The predicted octanol–water partition coefficient (Wildman–Crippen LogP) is 2.04. The zero-order valence-corrected chi connectivity index (χ0v) is 8.77. The lowest BCUT2D eigenvalue weighted by Crippen LogP contribution is -2.01. The molecule has 76 valence electrons. The molecule has 4 nitrogen and oxygen atoms in total. The number of aldehydes is 1. The number of nitrogens with zero attached hydrogens (tertiary/aromatic N) is 3. The van der Waals surface area contributed by atoms with E-state index in [-0.39, 0.29) is 0 Å². The average Bonchev–Trinajstić information content (AvgIpc) is 2.60. The van der Waals surface area contributed by atoms with Crippen LogP contribution in [0.15, 0.2) is 24.5 Å². The standard InChI is InChI=1S/C10H8ClN3O/c1-7-9(11)5-13-14(7)10-3-2-8(6-15)4-12-10/h2-6H,1H3. The first kappa shape index (κ1) is 9.86. The molecule has 0 bridgehead atoms. The van der Waals surface area contributed by atoms with Crippen molar-refractivity contribution >= 4 is 17.9 Å². The molecule has 15 heavy (non-hydrogen) atoms. The molecule has 0 spiro atoms. The number of rotatable bonds is 2. The van der Waals surface area contributed by atoms with Crippen molar-refractivity contribution in [3.8, 4) is 5.82 Å². The lowest BCUT2D eigenvalue weighted by molar-refractivity contribution is 0.112. The highest BCUT2D eigenvalue weighted by Crippen LogP contribution is 2.16. The molecule has 5 heteroatoms. The SMILES string of the molecule is Cc1c(Cl)cnn1-c1ccc(C=O)cn1. The van der Waals surface area contributed by atoms with Gasteiger partial charge in [0.15, 0.2) is 12.1 Å². The van der Waals surface area contributed by atoms with Gasteiger partial charge in [-0.2, -0.15) is 5.10 Å². The van der Waals surface area contributed by atoms with E-state index in [0.717, 1.165) is 12.0 Å². The topological polar surface area (TPSA) is 47.8 Å². The van der Waals surface area contributed by atoms with Gasteiger partial charge in [0.05, 0.1) is 16.9 Å². The molecule has 0 radical (unpaired) electrons. The summed E-state index contributed by atoms with van der Waals surface area (Å²) < 4.78 is 1.62. The molecule has 0 unspecified atom stereocenters.